The number of aryl methyl sites for hydroxylation is 1. The van der Waals surface area contributed by atoms with Crippen LogP contribution in [-0.2, 0) is 16.1 Å². The van der Waals surface area contributed by atoms with Crippen molar-refractivity contribution >= 4 is 17.6 Å². The van der Waals surface area contributed by atoms with Gasteiger partial charge in [0.15, 0.2) is 5.82 Å². The number of nitrogens with one attached hydrogen (secondary N) is 2. The van der Waals surface area contributed by atoms with E-state index in [1.165, 1.54) is 0 Å². The summed E-state index contributed by atoms with van der Waals surface area (Å²) in [6.45, 7) is 2.10. The summed E-state index contributed by atoms with van der Waals surface area (Å²) in [4.78, 5) is 24.8. The predicted octanol–water partition coefficient (Wildman–Crippen LogP) is 2.03. The zero-order valence-corrected chi connectivity index (χ0v) is 13.6. The van der Waals surface area contributed by atoms with Crippen molar-refractivity contribution in [1.29, 1.82) is 0 Å². The van der Waals surface area contributed by atoms with Gasteiger partial charge in [-0.3, -0.25) is 9.59 Å². The quantitative estimate of drug-likeness (QED) is 0.791. The summed E-state index contributed by atoms with van der Waals surface area (Å²) in [7, 11) is 1.60. The van der Waals surface area contributed by atoms with E-state index in [0.29, 0.717) is 31.0 Å². The van der Waals surface area contributed by atoms with Crippen LogP contribution < -0.4 is 15.4 Å². The van der Waals surface area contributed by atoms with E-state index in [0.717, 1.165) is 11.3 Å². The largest absolute Gasteiger partial charge is 0.497 e. The number of rotatable bonds is 6. The maximum Gasteiger partial charge on any atom is 0.241 e. The van der Waals surface area contributed by atoms with Gasteiger partial charge in [0.25, 0.3) is 0 Å². The van der Waals surface area contributed by atoms with Crippen molar-refractivity contribution in [3.8, 4) is 5.75 Å². The Hall–Kier alpha value is -2.83. The first-order chi connectivity index (χ1) is 11.5. The van der Waals surface area contributed by atoms with Crippen molar-refractivity contribution in [3.05, 3.63) is 41.7 Å². The van der Waals surface area contributed by atoms with Gasteiger partial charge in [0.2, 0.25) is 11.8 Å². The Labute approximate surface area is 139 Å². The first kappa shape index (κ1) is 16.0. The molecule has 1 aliphatic rings. The lowest BCUT2D eigenvalue weighted by Crippen LogP contribution is -2.39. The minimum atomic E-state index is -1.00. The number of carbonyl (C=O) groups is 2. The van der Waals surface area contributed by atoms with Crippen LogP contribution in [0.3, 0.4) is 0 Å². The Morgan fingerprint density at radius 3 is 2.50 bits per heavy atom. The minimum Gasteiger partial charge on any atom is -0.497 e. The van der Waals surface area contributed by atoms with Crippen LogP contribution in [-0.4, -0.2) is 24.1 Å². The number of benzene rings is 1. The summed E-state index contributed by atoms with van der Waals surface area (Å²) in [5.41, 5.74) is -0.0632. The average molecular weight is 329 g/mol. The van der Waals surface area contributed by atoms with Crippen molar-refractivity contribution in [2.24, 2.45) is 5.41 Å². The number of ether oxygens (including phenoxy) is 1. The predicted molar refractivity (Wildman–Crippen MR) is 86.4 cm³/mol. The number of aromatic nitrogens is 1. The summed E-state index contributed by atoms with van der Waals surface area (Å²) < 4.78 is 10.0. The molecule has 1 aromatic carbocycles. The monoisotopic (exact) mass is 329 g/mol. The molecule has 0 spiro atoms. The molecule has 2 N–H and O–H groups in total. The molecule has 0 saturated heterocycles. The van der Waals surface area contributed by atoms with Gasteiger partial charge in [-0.05, 0) is 37.5 Å². The molecule has 7 nitrogen and oxygen atoms in total. The number of nitrogens with zero attached hydrogens (tertiary/aromatic N) is 1. The molecule has 7 heteroatoms. The van der Waals surface area contributed by atoms with E-state index in [-0.39, 0.29) is 11.8 Å². The number of methoxy groups -OCH3 is 1. The fraction of sp³-hybridized carbons (Fsp3) is 0.353. The van der Waals surface area contributed by atoms with Gasteiger partial charge in [-0.2, -0.15) is 0 Å². The van der Waals surface area contributed by atoms with Gasteiger partial charge >= 0.3 is 0 Å². The Kier molecular flexibility index (Phi) is 4.24. The molecule has 0 radical (unpaired) electrons. The van der Waals surface area contributed by atoms with E-state index >= 15 is 0 Å². The second-order valence-electron chi connectivity index (χ2n) is 5.89. The number of hydrogen-bond donors (Lipinski definition) is 2. The summed E-state index contributed by atoms with van der Waals surface area (Å²) in [6.07, 6.45) is 1.06. The molecule has 0 aliphatic heterocycles. The van der Waals surface area contributed by atoms with Gasteiger partial charge in [-0.25, -0.2) is 0 Å². The van der Waals surface area contributed by atoms with Crippen molar-refractivity contribution in [2.45, 2.75) is 26.3 Å². The molecule has 24 heavy (non-hydrogen) atoms. The van der Waals surface area contributed by atoms with Crippen LogP contribution in [0.25, 0.3) is 0 Å². The molecule has 1 heterocycles. The molecule has 0 atom stereocenters. The average Bonchev–Trinajstić information content (AvgIpc) is 3.31. The Morgan fingerprint density at radius 2 is 1.96 bits per heavy atom. The van der Waals surface area contributed by atoms with Crippen molar-refractivity contribution in [1.82, 2.24) is 10.5 Å². The van der Waals surface area contributed by atoms with Gasteiger partial charge in [-0.1, -0.05) is 17.3 Å². The molecule has 0 unspecified atom stereocenters. The first-order valence-corrected chi connectivity index (χ1v) is 7.69. The minimum absolute atomic E-state index is 0.268. The van der Waals surface area contributed by atoms with E-state index in [2.05, 4.69) is 15.8 Å². The van der Waals surface area contributed by atoms with Crippen LogP contribution in [0.1, 0.15) is 24.2 Å². The normalized spacial score (nSPS) is 14.8. The van der Waals surface area contributed by atoms with Gasteiger partial charge in [0.05, 0.1) is 7.11 Å². The smallest absolute Gasteiger partial charge is 0.241 e. The fourth-order valence-corrected chi connectivity index (χ4v) is 2.44. The summed E-state index contributed by atoms with van der Waals surface area (Å²) in [5.74, 6) is 1.07. The highest BCUT2D eigenvalue weighted by Crippen LogP contribution is 2.46. The van der Waals surface area contributed by atoms with Crippen LogP contribution in [0.15, 0.2) is 34.9 Å². The molecular weight excluding hydrogens is 310 g/mol. The molecule has 3 rings (SSSR count). The summed E-state index contributed by atoms with van der Waals surface area (Å²) in [6, 6.07) is 9.01. The van der Waals surface area contributed by atoms with E-state index in [4.69, 9.17) is 9.26 Å². The van der Waals surface area contributed by atoms with Crippen molar-refractivity contribution < 1.29 is 18.8 Å². The van der Waals surface area contributed by atoms with E-state index in [1.807, 2.05) is 24.3 Å². The van der Waals surface area contributed by atoms with Gasteiger partial charge in [0.1, 0.15) is 16.9 Å². The maximum atomic E-state index is 12.4. The highest BCUT2D eigenvalue weighted by Gasteiger charge is 2.56. The summed E-state index contributed by atoms with van der Waals surface area (Å²) >= 11 is 0. The third-order valence-corrected chi connectivity index (χ3v) is 4.10. The second-order valence-corrected chi connectivity index (χ2v) is 5.89. The number of carbonyl (C=O) groups excluding carboxylic acids is 2. The van der Waals surface area contributed by atoms with Crippen LogP contribution in [0, 0.1) is 12.3 Å². The molecule has 1 fully saturated rings. The van der Waals surface area contributed by atoms with Crippen LogP contribution in [0.2, 0.25) is 0 Å². The highest BCUT2D eigenvalue weighted by atomic mass is 16.5. The van der Waals surface area contributed by atoms with Crippen molar-refractivity contribution in [2.75, 3.05) is 12.4 Å². The van der Waals surface area contributed by atoms with Crippen molar-refractivity contribution in [3.63, 3.8) is 0 Å². The number of anilines is 1. The fourth-order valence-electron chi connectivity index (χ4n) is 2.44. The Balaban J connectivity index is 1.58. The Bertz CT molecular complexity index is 747. The lowest BCUT2D eigenvalue weighted by Gasteiger charge is -2.14. The first-order valence-electron chi connectivity index (χ1n) is 7.69. The molecule has 126 valence electrons. The molecule has 0 bridgehead atoms. The van der Waals surface area contributed by atoms with E-state index in [1.54, 1.807) is 20.1 Å². The second kappa shape index (κ2) is 6.35. The zero-order chi connectivity index (χ0) is 17.2. The van der Waals surface area contributed by atoms with Gasteiger partial charge in [-0.15, -0.1) is 0 Å². The SMILES string of the molecule is COc1ccc(CNC(=O)C2(C(=O)Nc3cc(C)on3)CC2)cc1. The zero-order valence-electron chi connectivity index (χ0n) is 13.6. The molecule has 1 saturated carbocycles. The van der Waals surface area contributed by atoms with E-state index in [9.17, 15) is 9.59 Å². The third kappa shape index (κ3) is 3.24. The topological polar surface area (TPSA) is 93.5 Å². The molecular formula is C17H19N3O4. The highest BCUT2D eigenvalue weighted by molar-refractivity contribution is 6.12. The molecule has 1 aromatic heterocycles. The number of amides is 2. The lowest BCUT2D eigenvalue weighted by molar-refractivity contribution is -0.134. The molecule has 2 aromatic rings. The number of hydrogen-bond acceptors (Lipinski definition) is 5. The molecule has 1 aliphatic carbocycles. The van der Waals surface area contributed by atoms with Gasteiger partial charge in [0, 0.05) is 12.6 Å². The summed E-state index contributed by atoms with van der Waals surface area (Å²) in [5, 5.41) is 9.18. The van der Waals surface area contributed by atoms with Gasteiger partial charge < -0.3 is 19.9 Å². The Morgan fingerprint density at radius 1 is 1.25 bits per heavy atom. The van der Waals surface area contributed by atoms with E-state index < -0.39 is 5.41 Å². The molecule has 2 amide bonds. The van der Waals surface area contributed by atoms with Crippen LogP contribution in [0.4, 0.5) is 5.82 Å². The standard InChI is InChI=1S/C17H19N3O4/c1-11-9-14(20-24-11)19-16(22)17(7-8-17)15(21)18-10-12-3-5-13(23-2)6-4-12/h3-6,9H,7-8,10H2,1-2H3,(H,18,21)(H,19,20,22). The van der Waals surface area contributed by atoms with Crippen LogP contribution >= 0.6 is 0 Å². The lowest BCUT2D eigenvalue weighted by atomic mass is 10.0. The third-order valence-electron chi connectivity index (χ3n) is 4.10. The van der Waals surface area contributed by atoms with Crippen LogP contribution in [0.5, 0.6) is 5.75 Å². The maximum absolute atomic E-state index is 12.4.